The zero-order chi connectivity index (χ0) is 15.7. The molecule has 1 amide bonds. The number of ether oxygens (including phenoxy) is 2. The van der Waals surface area contributed by atoms with Crippen LogP contribution in [0.5, 0.6) is 0 Å². The second-order valence-corrected chi connectivity index (χ2v) is 4.21. The molecule has 0 saturated carbocycles. The van der Waals surface area contributed by atoms with E-state index < -0.39 is 24.1 Å². The summed E-state index contributed by atoms with van der Waals surface area (Å²) < 4.78 is 9.33. The van der Waals surface area contributed by atoms with E-state index in [9.17, 15) is 14.4 Å². The molecule has 7 heteroatoms. The maximum absolute atomic E-state index is 11.5. The number of carboxylic acids is 1. The van der Waals surface area contributed by atoms with Gasteiger partial charge in [-0.05, 0) is 12.0 Å². The molecular formula is C14H17NO6. The number of carbonyl (C=O) groups is 3. The summed E-state index contributed by atoms with van der Waals surface area (Å²) in [4.78, 5) is 33.5. The van der Waals surface area contributed by atoms with Gasteiger partial charge in [0.25, 0.3) is 0 Å². The van der Waals surface area contributed by atoms with Gasteiger partial charge < -0.3 is 19.9 Å². The maximum Gasteiger partial charge on any atom is 0.408 e. The van der Waals surface area contributed by atoms with E-state index in [1.54, 1.807) is 24.3 Å². The van der Waals surface area contributed by atoms with Crippen LogP contribution >= 0.6 is 0 Å². The molecule has 0 aliphatic rings. The summed E-state index contributed by atoms with van der Waals surface area (Å²) in [6.07, 6.45) is -1.02. The van der Waals surface area contributed by atoms with E-state index in [4.69, 9.17) is 9.84 Å². The number of aliphatic carboxylic acids is 1. The fourth-order valence-electron chi connectivity index (χ4n) is 1.53. The number of alkyl carbamates (subject to hydrolysis) is 1. The number of methoxy groups -OCH3 is 1. The molecule has 0 unspecified atom stereocenters. The normalized spacial score (nSPS) is 11.3. The number of carboxylic acid groups (broad SMARTS) is 1. The van der Waals surface area contributed by atoms with Gasteiger partial charge in [0.15, 0.2) is 0 Å². The Morgan fingerprint density at radius 2 is 1.90 bits per heavy atom. The van der Waals surface area contributed by atoms with Crippen LogP contribution in [0.2, 0.25) is 0 Å². The standard InChI is InChI=1S/C14H17NO6/c1-20-12(16)8-7-11(13(17)18)15-14(19)21-9-10-5-3-2-4-6-10/h2-6,11H,7-9H2,1H3,(H,15,19)(H,17,18)/t11-/m1/s1. The van der Waals surface area contributed by atoms with Gasteiger partial charge in [0, 0.05) is 6.42 Å². The van der Waals surface area contributed by atoms with Crippen molar-refractivity contribution in [2.75, 3.05) is 7.11 Å². The van der Waals surface area contributed by atoms with Crippen molar-refractivity contribution in [1.29, 1.82) is 0 Å². The van der Waals surface area contributed by atoms with Crippen LogP contribution in [0.15, 0.2) is 30.3 Å². The molecule has 7 nitrogen and oxygen atoms in total. The highest BCUT2D eigenvalue weighted by Crippen LogP contribution is 2.03. The number of hydrogen-bond donors (Lipinski definition) is 2. The number of benzene rings is 1. The van der Waals surface area contributed by atoms with Crippen molar-refractivity contribution < 1.29 is 29.0 Å². The molecule has 1 atom stereocenters. The minimum atomic E-state index is -1.24. The summed E-state index contributed by atoms with van der Waals surface area (Å²) >= 11 is 0. The summed E-state index contributed by atoms with van der Waals surface area (Å²) in [5.74, 6) is -1.78. The Hall–Kier alpha value is -2.57. The quantitative estimate of drug-likeness (QED) is 0.735. The maximum atomic E-state index is 11.5. The molecule has 0 spiro atoms. The van der Waals surface area contributed by atoms with E-state index in [1.165, 1.54) is 7.11 Å². The monoisotopic (exact) mass is 295 g/mol. The second-order valence-electron chi connectivity index (χ2n) is 4.21. The fraction of sp³-hybridized carbons (Fsp3) is 0.357. The average molecular weight is 295 g/mol. The van der Waals surface area contributed by atoms with Crippen molar-refractivity contribution >= 4 is 18.0 Å². The van der Waals surface area contributed by atoms with Crippen LogP contribution in [0, 0.1) is 0 Å². The fourth-order valence-corrected chi connectivity index (χ4v) is 1.53. The Kier molecular flexibility index (Phi) is 6.73. The molecule has 0 bridgehead atoms. The van der Waals surface area contributed by atoms with Crippen LogP contribution in [0.4, 0.5) is 4.79 Å². The van der Waals surface area contributed by atoms with Crippen LogP contribution in [0.3, 0.4) is 0 Å². The highest BCUT2D eigenvalue weighted by Gasteiger charge is 2.21. The Bertz CT molecular complexity index is 487. The summed E-state index contributed by atoms with van der Waals surface area (Å²) in [5, 5.41) is 11.2. The molecule has 21 heavy (non-hydrogen) atoms. The third-order valence-corrected chi connectivity index (χ3v) is 2.67. The van der Waals surface area contributed by atoms with Gasteiger partial charge in [0.2, 0.25) is 0 Å². The number of nitrogens with one attached hydrogen (secondary N) is 1. The van der Waals surface area contributed by atoms with Crippen molar-refractivity contribution in [3.63, 3.8) is 0 Å². The van der Waals surface area contributed by atoms with Gasteiger partial charge in [-0.3, -0.25) is 4.79 Å². The molecule has 0 heterocycles. The van der Waals surface area contributed by atoms with Crippen LogP contribution in [0.25, 0.3) is 0 Å². The minimum absolute atomic E-state index is 0.0377. The van der Waals surface area contributed by atoms with Crippen molar-refractivity contribution in [1.82, 2.24) is 5.32 Å². The zero-order valence-electron chi connectivity index (χ0n) is 11.6. The highest BCUT2D eigenvalue weighted by atomic mass is 16.5. The van der Waals surface area contributed by atoms with Crippen LogP contribution in [-0.2, 0) is 25.7 Å². The van der Waals surface area contributed by atoms with Gasteiger partial charge in [0.05, 0.1) is 7.11 Å². The molecule has 1 aromatic carbocycles. The largest absolute Gasteiger partial charge is 0.480 e. The average Bonchev–Trinajstić information content (AvgIpc) is 2.49. The Labute approximate surface area is 121 Å². The Balaban J connectivity index is 2.41. The van der Waals surface area contributed by atoms with Gasteiger partial charge in [-0.15, -0.1) is 0 Å². The molecule has 0 aliphatic heterocycles. The van der Waals surface area contributed by atoms with E-state index in [1.807, 2.05) is 6.07 Å². The molecular weight excluding hydrogens is 278 g/mol. The van der Waals surface area contributed by atoms with Crippen LogP contribution in [0.1, 0.15) is 18.4 Å². The zero-order valence-corrected chi connectivity index (χ0v) is 11.6. The number of amides is 1. The first kappa shape index (κ1) is 16.5. The molecule has 0 radical (unpaired) electrons. The number of hydrogen-bond acceptors (Lipinski definition) is 5. The molecule has 1 rings (SSSR count). The molecule has 114 valence electrons. The van der Waals surface area contributed by atoms with Gasteiger partial charge in [-0.25, -0.2) is 9.59 Å². The SMILES string of the molecule is COC(=O)CC[C@@H](NC(=O)OCc1ccccc1)C(=O)O. The van der Waals surface area contributed by atoms with Gasteiger partial charge in [-0.2, -0.15) is 0 Å². The lowest BCUT2D eigenvalue weighted by Gasteiger charge is -2.14. The molecule has 0 fully saturated rings. The predicted octanol–water partition coefficient (Wildman–Crippen LogP) is 1.32. The van der Waals surface area contributed by atoms with Gasteiger partial charge in [-0.1, -0.05) is 30.3 Å². The molecule has 0 aliphatic carbocycles. The first-order valence-corrected chi connectivity index (χ1v) is 6.29. The van der Waals surface area contributed by atoms with Gasteiger partial charge in [0.1, 0.15) is 12.6 Å². The van der Waals surface area contributed by atoms with E-state index in [-0.39, 0.29) is 19.4 Å². The lowest BCUT2D eigenvalue weighted by molar-refractivity contribution is -0.142. The first-order chi connectivity index (χ1) is 10.0. The van der Waals surface area contributed by atoms with Crippen molar-refractivity contribution in [3.8, 4) is 0 Å². The van der Waals surface area contributed by atoms with Crippen molar-refractivity contribution in [2.45, 2.75) is 25.5 Å². The molecule has 0 aromatic heterocycles. The summed E-state index contributed by atoms with van der Waals surface area (Å²) in [6.45, 7) is 0.0377. The molecule has 2 N–H and O–H groups in total. The minimum Gasteiger partial charge on any atom is -0.480 e. The third kappa shape index (κ3) is 6.42. The number of rotatable bonds is 7. The van der Waals surface area contributed by atoms with E-state index in [0.717, 1.165) is 5.56 Å². The summed E-state index contributed by atoms with van der Waals surface area (Å²) in [6, 6.07) is 7.78. The highest BCUT2D eigenvalue weighted by molar-refractivity contribution is 5.80. The lowest BCUT2D eigenvalue weighted by atomic mass is 10.1. The smallest absolute Gasteiger partial charge is 0.408 e. The topological polar surface area (TPSA) is 102 Å². The summed E-state index contributed by atoms with van der Waals surface area (Å²) in [5.41, 5.74) is 0.786. The van der Waals surface area contributed by atoms with E-state index in [2.05, 4.69) is 10.1 Å². The second kappa shape index (κ2) is 8.57. The molecule has 0 saturated heterocycles. The number of carbonyl (C=O) groups excluding carboxylic acids is 2. The molecule has 1 aromatic rings. The Morgan fingerprint density at radius 3 is 2.48 bits per heavy atom. The lowest BCUT2D eigenvalue weighted by Crippen LogP contribution is -2.41. The van der Waals surface area contributed by atoms with Crippen LogP contribution in [-0.4, -0.2) is 36.3 Å². The predicted molar refractivity (Wildman–Crippen MR) is 72.4 cm³/mol. The van der Waals surface area contributed by atoms with Crippen molar-refractivity contribution in [3.05, 3.63) is 35.9 Å². The first-order valence-electron chi connectivity index (χ1n) is 6.29. The van der Waals surface area contributed by atoms with Crippen molar-refractivity contribution in [2.24, 2.45) is 0 Å². The summed E-state index contributed by atoms with van der Waals surface area (Å²) in [7, 11) is 1.21. The number of esters is 1. The van der Waals surface area contributed by atoms with E-state index in [0.29, 0.717) is 0 Å². The Morgan fingerprint density at radius 1 is 1.24 bits per heavy atom. The van der Waals surface area contributed by atoms with Gasteiger partial charge >= 0.3 is 18.0 Å². The van der Waals surface area contributed by atoms with E-state index >= 15 is 0 Å². The van der Waals surface area contributed by atoms with Crippen LogP contribution < -0.4 is 5.32 Å². The third-order valence-electron chi connectivity index (χ3n) is 2.67.